The lowest BCUT2D eigenvalue weighted by molar-refractivity contribution is -0.107. The maximum absolute atomic E-state index is 11.2. The highest BCUT2D eigenvalue weighted by Gasteiger charge is 2.15. The van der Waals surface area contributed by atoms with Crippen LogP contribution in [0.2, 0.25) is 0 Å². The van der Waals surface area contributed by atoms with Gasteiger partial charge in [0.15, 0.2) is 11.5 Å². The lowest BCUT2D eigenvalue weighted by Crippen LogP contribution is -2.17. The molecule has 3 rings (SSSR count). The number of imidazole rings is 1. The van der Waals surface area contributed by atoms with E-state index in [-0.39, 0.29) is 0 Å². The molecule has 5 nitrogen and oxygen atoms in total. The average molecular weight is 357 g/mol. The molecule has 0 atom stereocenters. The van der Waals surface area contributed by atoms with E-state index in [9.17, 15) is 4.79 Å². The summed E-state index contributed by atoms with van der Waals surface area (Å²) in [5.41, 5.74) is 2.43. The Labute approximate surface area is 136 Å². The second-order valence-corrected chi connectivity index (χ2v) is 5.52. The number of carbonyl (C=O) groups excluding carboxylic acids is 1. The number of fused-ring (bicyclic) bond motifs is 1. The van der Waals surface area contributed by atoms with Crippen LogP contribution in [0.15, 0.2) is 47.1 Å². The van der Waals surface area contributed by atoms with Gasteiger partial charge in [-0.05, 0) is 39.7 Å². The number of benzene rings is 1. The highest BCUT2D eigenvalue weighted by atomic mass is 79.9. The van der Waals surface area contributed by atoms with Crippen LogP contribution in [0.25, 0.3) is 17.8 Å². The minimum Gasteiger partial charge on any atom is -0.301 e. The van der Waals surface area contributed by atoms with Crippen LogP contribution in [0, 0.1) is 0 Å². The van der Waals surface area contributed by atoms with E-state index in [1.165, 1.54) is 4.90 Å². The van der Waals surface area contributed by atoms with Crippen molar-refractivity contribution in [3.63, 3.8) is 0 Å². The molecule has 0 radical (unpaired) electrons. The summed E-state index contributed by atoms with van der Waals surface area (Å²) in [6, 6.07) is 13.6. The number of rotatable bonds is 4. The van der Waals surface area contributed by atoms with E-state index in [0.29, 0.717) is 21.8 Å². The largest absolute Gasteiger partial charge is 0.301 e. The van der Waals surface area contributed by atoms with Gasteiger partial charge in [-0.1, -0.05) is 36.4 Å². The normalized spacial score (nSPS) is 11.2. The summed E-state index contributed by atoms with van der Waals surface area (Å²) in [5.74, 6) is 0.624. The van der Waals surface area contributed by atoms with Crippen molar-refractivity contribution in [1.82, 2.24) is 14.6 Å². The molecule has 3 aromatic rings. The molecule has 0 aliphatic rings. The van der Waals surface area contributed by atoms with E-state index < -0.39 is 0 Å². The van der Waals surface area contributed by atoms with Crippen molar-refractivity contribution in [2.75, 3.05) is 11.9 Å². The first-order valence-corrected chi connectivity index (χ1v) is 7.45. The summed E-state index contributed by atoms with van der Waals surface area (Å²) in [7, 11) is 1.68. The highest BCUT2D eigenvalue weighted by molar-refractivity contribution is 9.10. The third-order valence-corrected chi connectivity index (χ3v) is 3.60. The third kappa shape index (κ3) is 2.78. The van der Waals surface area contributed by atoms with Gasteiger partial charge in [0.05, 0.1) is 0 Å². The first-order chi connectivity index (χ1) is 10.7. The SMILES string of the molecule is CN(C=O)c1c(C=Cc2ccccc2)nc2ccc(Br)nn12. The van der Waals surface area contributed by atoms with Gasteiger partial charge in [0.2, 0.25) is 6.41 Å². The molecular weight excluding hydrogens is 344 g/mol. The maximum Gasteiger partial charge on any atom is 0.215 e. The molecule has 0 aliphatic heterocycles. The molecule has 0 spiro atoms. The lowest BCUT2D eigenvalue weighted by Gasteiger charge is -2.10. The van der Waals surface area contributed by atoms with Crippen molar-refractivity contribution in [3.05, 3.63) is 58.3 Å². The van der Waals surface area contributed by atoms with Crippen LogP contribution in [-0.2, 0) is 4.79 Å². The molecule has 1 amide bonds. The van der Waals surface area contributed by atoms with Crippen LogP contribution in [0.3, 0.4) is 0 Å². The van der Waals surface area contributed by atoms with Gasteiger partial charge < -0.3 is 4.90 Å². The summed E-state index contributed by atoms with van der Waals surface area (Å²) in [5, 5.41) is 4.36. The fourth-order valence-corrected chi connectivity index (χ4v) is 2.44. The van der Waals surface area contributed by atoms with E-state index in [2.05, 4.69) is 26.0 Å². The molecule has 0 saturated carbocycles. The fourth-order valence-electron chi connectivity index (χ4n) is 2.15. The van der Waals surface area contributed by atoms with Gasteiger partial charge in [-0.3, -0.25) is 4.79 Å². The number of hydrogen-bond donors (Lipinski definition) is 0. The molecule has 0 bridgehead atoms. The lowest BCUT2D eigenvalue weighted by atomic mass is 10.2. The van der Waals surface area contributed by atoms with Gasteiger partial charge >= 0.3 is 0 Å². The average Bonchev–Trinajstić information content (AvgIpc) is 2.90. The van der Waals surface area contributed by atoms with Gasteiger partial charge in [-0.2, -0.15) is 9.61 Å². The molecule has 2 aromatic heterocycles. The number of amides is 1. The summed E-state index contributed by atoms with van der Waals surface area (Å²) in [4.78, 5) is 17.2. The van der Waals surface area contributed by atoms with E-state index in [0.717, 1.165) is 12.0 Å². The number of aromatic nitrogens is 3. The highest BCUT2D eigenvalue weighted by Crippen LogP contribution is 2.23. The number of anilines is 1. The predicted molar refractivity (Wildman–Crippen MR) is 90.5 cm³/mol. The summed E-state index contributed by atoms with van der Waals surface area (Å²) in [6.07, 6.45) is 4.58. The van der Waals surface area contributed by atoms with Crippen molar-refractivity contribution in [3.8, 4) is 0 Å². The molecule has 6 heteroatoms. The number of hydrogen-bond acceptors (Lipinski definition) is 3. The second-order valence-electron chi connectivity index (χ2n) is 4.71. The van der Waals surface area contributed by atoms with Crippen LogP contribution >= 0.6 is 15.9 Å². The summed E-state index contributed by atoms with van der Waals surface area (Å²) in [6.45, 7) is 0. The van der Waals surface area contributed by atoms with Gasteiger partial charge in [0.25, 0.3) is 0 Å². The molecule has 0 unspecified atom stereocenters. The molecule has 110 valence electrons. The van der Waals surface area contributed by atoms with Crippen molar-refractivity contribution in [1.29, 1.82) is 0 Å². The third-order valence-electron chi connectivity index (χ3n) is 3.17. The topological polar surface area (TPSA) is 50.5 Å². The van der Waals surface area contributed by atoms with Gasteiger partial charge in [0, 0.05) is 7.05 Å². The van der Waals surface area contributed by atoms with E-state index in [1.807, 2.05) is 54.6 Å². The van der Waals surface area contributed by atoms with Gasteiger partial charge in [-0.15, -0.1) is 0 Å². The molecular formula is C16H13BrN4O. The Morgan fingerprint density at radius 2 is 1.91 bits per heavy atom. The first-order valence-electron chi connectivity index (χ1n) is 6.65. The van der Waals surface area contributed by atoms with Crippen LogP contribution < -0.4 is 4.90 Å². The van der Waals surface area contributed by atoms with Crippen molar-refractivity contribution in [2.24, 2.45) is 0 Å². The Morgan fingerprint density at radius 3 is 2.64 bits per heavy atom. The van der Waals surface area contributed by atoms with E-state index in [4.69, 9.17) is 0 Å². The van der Waals surface area contributed by atoms with Crippen LogP contribution in [0.4, 0.5) is 5.82 Å². The Kier molecular flexibility index (Phi) is 4.02. The minimum absolute atomic E-state index is 0.624. The van der Waals surface area contributed by atoms with Gasteiger partial charge in [0.1, 0.15) is 10.3 Å². The molecule has 2 heterocycles. The van der Waals surface area contributed by atoms with E-state index in [1.54, 1.807) is 11.6 Å². The predicted octanol–water partition coefficient (Wildman–Crippen LogP) is 3.25. The molecule has 22 heavy (non-hydrogen) atoms. The van der Waals surface area contributed by atoms with Crippen LogP contribution in [-0.4, -0.2) is 28.1 Å². The Bertz CT molecular complexity index is 842. The Morgan fingerprint density at radius 1 is 1.14 bits per heavy atom. The van der Waals surface area contributed by atoms with Crippen LogP contribution in [0.5, 0.6) is 0 Å². The zero-order valence-electron chi connectivity index (χ0n) is 11.8. The molecule has 1 aromatic carbocycles. The summed E-state index contributed by atoms with van der Waals surface area (Å²) >= 11 is 3.34. The first kappa shape index (κ1) is 14.5. The van der Waals surface area contributed by atoms with Crippen molar-refractivity contribution >= 4 is 46.0 Å². The zero-order valence-corrected chi connectivity index (χ0v) is 13.4. The van der Waals surface area contributed by atoms with Gasteiger partial charge in [-0.25, -0.2) is 4.98 Å². The summed E-state index contributed by atoms with van der Waals surface area (Å²) < 4.78 is 2.32. The standard InChI is InChI=1S/C16H13BrN4O/c1-20(11-22)16-13(8-7-12-5-3-2-4-6-12)18-15-10-9-14(17)19-21(15)16/h2-11H,1H3. The Balaban J connectivity index is 2.12. The smallest absolute Gasteiger partial charge is 0.215 e. The zero-order chi connectivity index (χ0) is 15.5. The van der Waals surface area contributed by atoms with E-state index >= 15 is 0 Å². The molecule has 0 saturated heterocycles. The fraction of sp³-hybridized carbons (Fsp3) is 0.0625. The Hall–Kier alpha value is -2.47. The molecule has 0 N–H and O–H groups in total. The maximum atomic E-state index is 11.2. The van der Waals surface area contributed by atoms with Crippen molar-refractivity contribution in [2.45, 2.75) is 0 Å². The monoisotopic (exact) mass is 356 g/mol. The number of nitrogens with zero attached hydrogens (tertiary/aromatic N) is 4. The van der Waals surface area contributed by atoms with Crippen molar-refractivity contribution < 1.29 is 4.79 Å². The number of halogens is 1. The molecule has 0 fully saturated rings. The minimum atomic E-state index is 0.624. The number of carbonyl (C=O) groups is 1. The van der Waals surface area contributed by atoms with Crippen LogP contribution in [0.1, 0.15) is 11.3 Å². The quantitative estimate of drug-likeness (QED) is 0.674. The second kappa shape index (κ2) is 6.11. The molecule has 0 aliphatic carbocycles.